The Bertz CT molecular complexity index is 448. The maximum absolute atomic E-state index is 2.99. The summed E-state index contributed by atoms with van der Waals surface area (Å²) >= 11 is 0. The zero-order valence-corrected chi connectivity index (χ0v) is 17.9. The Morgan fingerprint density at radius 1 is 0.885 bits per heavy atom. The van der Waals surface area contributed by atoms with E-state index in [-0.39, 0.29) is 0 Å². The van der Waals surface area contributed by atoms with Crippen LogP contribution in [0.3, 0.4) is 0 Å². The largest absolute Gasteiger partial charge is 0.301 e. The van der Waals surface area contributed by atoms with Crippen LogP contribution >= 0.6 is 0 Å². The van der Waals surface area contributed by atoms with E-state index in [4.69, 9.17) is 0 Å². The summed E-state index contributed by atoms with van der Waals surface area (Å²) in [7, 11) is 0. The molecule has 3 heterocycles. The van der Waals surface area contributed by atoms with E-state index >= 15 is 0 Å². The maximum atomic E-state index is 2.99. The summed E-state index contributed by atoms with van der Waals surface area (Å²) in [5.41, 5.74) is 0.717. The van der Waals surface area contributed by atoms with Crippen molar-refractivity contribution in [3.05, 3.63) is 0 Å². The van der Waals surface area contributed by atoms with Crippen molar-refractivity contribution < 1.29 is 0 Å². The van der Waals surface area contributed by atoms with Crippen LogP contribution in [0.2, 0.25) is 0 Å². The number of piperazine rings is 1. The van der Waals surface area contributed by atoms with Gasteiger partial charge in [-0.25, -0.2) is 0 Å². The molecule has 3 aliphatic heterocycles. The first kappa shape index (κ1) is 19.2. The van der Waals surface area contributed by atoms with Gasteiger partial charge in [0.1, 0.15) is 0 Å². The molecule has 0 radical (unpaired) electrons. The van der Waals surface area contributed by atoms with Crippen LogP contribution in [0.15, 0.2) is 0 Å². The van der Waals surface area contributed by atoms with Gasteiger partial charge >= 0.3 is 0 Å². The lowest BCUT2D eigenvalue weighted by Crippen LogP contribution is -2.52. The molecule has 0 amide bonds. The highest BCUT2D eigenvalue weighted by atomic mass is 15.3. The molecule has 4 fully saturated rings. The molecule has 0 N–H and O–H groups in total. The summed E-state index contributed by atoms with van der Waals surface area (Å²) in [4.78, 5) is 8.41. The van der Waals surface area contributed by atoms with Gasteiger partial charge in [-0.15, -0.1) is 0 Å². The van der Waals surface area contributed by atoms with Gasteiger partial charge in [0.2, 0.25) is 0 Å². The second kappa shape index (κ2) is 7.72. The summed E-state index contributed by atoms with van der Waals surface area (Å²) < 4.78 is 0. The van der Waals surface area contributed by atoms with E-state index in [1.807, 2.05) is 0 Å². The molecule has 26 heavy (non-hydrogen) atoms. The van der Waals surface area contributed by atoms with Gasteiger partial charge in [-0.3, -0.25) is 9.80 Å². The first-order chi connectivity index (χ1) is 12.4. The summed E-state index contributed by atoms with van der Waals surface area (Å²) in [5.74, 6) is 1.84. The van der Waals surface area contributed by atoms with Crippen LogP contribution in [0.25, 0.3) is 0 Å². The average Bonchev–Trinajstić information content (AvgIpc) is 3.29. The number of nitrogens with zero attached hydrogens (tertiary/aromatic N) is 3. The predicted molar refractivity (Wildman–Crippen MR) is 111 cm³/mol. The van der Waals surface area contributed by atoms with Crippen molar-refractivity contribution in [1.29, 1.82) is 0 Å². The van der Waals surface area contributed by atoms with Crippen LogP contribution < -0.4 is 0 Å². The molecule has 3 nitrogen and oxygen atoms in total. The highest BCUT2D eigenvalue weighted by molar-refractivity contribution is 5.03. The highest BCUT2D eigenvalue weighted by Gasteiger charge is 2.49. The SMILES string of the molecule is CC(C)CC1(CN2[C@@H]3CC[C@H]2C[C@@H](CN2CCN(C(C)C)CC2)C3)CC1. The van der Waals surface area contributed by atoms with Crippen LogP contribution in [0.4, 0.5) is 0 Å². The number of hydrogen-bond donors (Lipinski definition) is 0. The fraction of sp³-hybridized carbons (Fsp3) is 1.00. The molecule has 3 saturated heterocycles. The van der Waals surface area contributed by atoms with E-state index in [0.717, 1.165) is 35.4 Å². The molecule has 1 saturated carbocycles. The summed E-state index contributed by atoms with van der Waals surface area (Å²) in [6, 6.07) is 2.55. The predicted octanol–water partition coefficient (Wildman–Crippen LogP) is 4.08. The Balaban J connectivity index is 1.26. The lowest BCUT2D eigenvalue weighted by Gasteiger charge is -2.44. The van der Waals surface area contributed by atoms with Crippen molar-refractivity contribution in [3.63, 3.8) is 0 Å². The van der Waals surface area contributed by atoms with Gasteiger partial charge in [0.25, 0.3) is 0 Å². The second-order valence-corrected chi connectivity index (χ2v) is 10.9. The molecule has 0 aromatic rings. The van der Waals surface area contributed by atoms with Crippen LogP contribution in [-0.4, -0.2) is 72.1 Å². The number of hydrogen-bond acceptors (Lipinski definition) is 3. The normalized spacial score (nSPS) is 35.5. The number of piperidine rings is 1. The first-order valence-corrected chi connectivity index (χ1v) is 11.7. The van der Waals surface area contributed by atoms with Crippen molar-refractivity contribution in [2.24, 2.45) is 17.3 Å². The third kappa shape index (κ3) is 4.31. The van der Waals surface area contributed by atoms with Gasteiger partial charge in [-0.1, -0.05) is 13.8 Å². The molecule has 0 spiro atoms. The van der Waals surface area contributed by atoms with Gasteiger partial charge in [0.15, 0.2) is 0 Å². The molecule has 0 unspecified atom stereocenters. The molecule has 3 atom stereocenters. The minimum absolute atomic E-state index is 0.717. The Morgan fingerprint density at radius 3 is 2.00 bits per heavy atom. The number of rotatable bonds is 7. The molecule has 4 rings (SSSR count). The number of fused-ring (bicyclic) bond motifs is 2. The van der Waals surface area contributed by atoms with Crippen molar-refractivity contribution in [3.8, 4) is 0 Å². The van der Waals surface area contributed by atoms with Crippen molar-refractivity contribution in [2.45, 2.75) is 90.8 Å². The molecule has 0 aromatic carbocycles. The van der Waals surface area contributed by atoms with Gasteiger partial charge < -0.3 is 4.90 Å². The van der Waals surface area contributed by atoms with Crippen LogP contribution in [0, 0.1) is 17.3 Å². The Morgan fingerprint density at radius 2 is 1.50 bits per heavy atom. The third-order valence-corrected chi connectivity index (χ3v) is 7.95. The van der Waals surface area contributed by atoms with Crippen LogP contribution in [-0.2, 0) is 0 Å². The molecule has 150 valence electrons. The molecular formula is C23H43N3. The van der Waals surface area contributed by atoms with E-state index < -0.39 is 0 Å². The maximum Gasteiger partial charge on any atom is 0.0113 e. The smallest absolute Gasteiger partial charge is 0.0113 e. The van der Waals surface area contributed by atoms with Gasteiger partial charge in [0.05, 0.1) is 0 Å². The van der Waals surface area contributed by atoms with Crippen LogP contribution in [0.5, 0.6) is 0 Å². The molecule has 0 aromatic heterocycles. The Hall–Kier alpha value is -0.120. The molecular weight excluding hydrogens is 318 g/mol. The highest BCUT2D eigenvalue weighted by Crippen LogP contribution is 2.53. The quantitative estimate of drug-likeness (QED) is 0.676. The standard InChI is InChI=1S/C23H43N3/c1-18(2)15-23(7-8-23)17-26-21-5-6-22(26)14-20(13-21)16-24-9-11-25(12-10-24)19(3)4/h18-22H,5-17H2,1-4H3/t20-,21+,22-. The first-order valence-electron chi connectivity index (χ1n) is 11.7. The summed E-state index contributed by atoms with van der Waals surface area (Å²) in [6.45, 7) is 17.5. The monoisotopic (exact) mass is 361 g/mol. The zero-order chi connectivity index (χ0) is 18.3. The zero-order valence-electron chi connectivity index (χ0n) is 17.9. The lowest BCUT2D eigenvalue weighted by atomic mass is 9.87. The average molecular weight is 362 g/mol. The topological polar surface area (TPSA) is 9.72 Å². The Labute approximate surface area is 162 Å². The van der Waals surface area contributed by atoms with Gasteiger partial charge in [-0.2, -0.15) is 0 Å². The second-order valence-electron chi connectivity index (χ2n) is 10.9. The van der Waals surface area contributed by atoms with Crippen molar-refractivity contribution in [2.75, 3.05) is 39.3 Å². The molecule has 3 heteroatoms. The third-order valence-electron chi connectivity index (χ3n) is 7.95. The molecule has 2 bridgehead atoms. The molecule has 1 aliphatic carbocycles. The van der Waals surface area contributed by atoms with Gasteiger partial charge in [0, 0.05) is 57.4 Å². The summed E-state index contributed by atoms with van der Waals surface area (Å²) in [5, 5.41) is 0. The van der Waals surface area contributed by atoms with E-state index in [1.165, 1.54) is 84.2 Å². The fourth-order valence-electron chi connectivity index (χ4n) is 6.48. The minimum Gasteiger partial charge on any atom is -0.301 e. The summed E-state index contributed by atoms with van der Waals surface area (Å²) in [6.07, 6.45) is 10.4. The van der Waals surface area contributed by atoms with E-state index in [1.54, 1.807) is 0 Å². The van der Waals surface area contributed by atoms with E-state index in [0.29, 0.717) is 0 Å². The van der Waals surface area contributed by atoms with Gasteiger partial charge in [-0.05, 0) is 76.0 Å². The minimum atomic E-state index is 0.717. The van der Waals surface area contributed by atoms with Crippen LogP contribution in [0.1, 0.15) is 72.6 Å². The van der Waals surface area contributed by atoms with Crippen molar-refractivity contribution in [1.82, 2.24) is 14.7 Å². The van der Waals surface area contributed by atoms with E-state index in [2.05, 4.69) is 42.4 Å². The fourth-order valence-corrected chi connectivity index (χ4v) is 6.48. The Kier molecular flexibility index (Phi) is 5.70. The molecule has 4 aliphatic rings. The van der Waals surface area contributed by atoms with Crippen molar-refractivity contribution >= 4 is 0 Å². The van der Waals surface area contributed by atoms with E-state index in [9.17, 15) is 0 Å². The lowest BCUT2D eigenvalue weighted by molar-refractivity contribution is 0.0455.